The number of hydrogen-bond acceptors (Lipinski definition) is 8. The topological polar surface area (TPSA) is 104 Å². The molecule has 0 radical (unpaired) electrons. The lowest BCUT2D eigenvalue weighted by atomic mass is 10.1. The van der Waals surface area contributed by atoms with Gasteiger partial charge < -0.3 is 19.2 Å². The molecule has 5 aromatic rings. The van der Waals surface area contributed by atoms with Crippen LogP contribution < -0.4 is 10.1 Å². The van der Waals surface area contributed by atoms with Crippen molar-refractivity contribution in [1.82, 2.24) is 9.97 Å². The van der Waals surface area contributed by atoms with Crippen molar-refractivity contribution in [2.24, 2.45) is 0 Å². The van der Waals surface area contributed by atoms with E-state index in [1.807, 2.05) is 30.3 Å². The lowest BCUT2D eigenvalue weighted by Gasteiger charge is -2.12. The normalized spacial score (nSPS) is 11.5. The fraction of sp³-hybridized carbons (Fsp3) is 0.133. The smallest absolute Gasteiger partial charge is 0.173 e. The van der Waals surface area contributed by atoms with E-state index in [0.29, 0.717) is 39.4 Å². The molecule has 0 atom stereocenters. The summed E-state index contributed by atoms with van der Waals surface area (Å²) in [6, 6.07) is 20.7. The first kappa shape index (κ1) is 28.3. The predicted molar refractivity (Wildman–Crippen MR) is 156 cm³/mol. The van der Waals surface area contributed by atoms with Crippen LogP contribution in [0.3, 0.4) is 0 Å². The number of ether oxygens (including phenoxy) is 2. The summed E-state index contributed by atoms with van der Waals surface area (Å²) in [4.78, 5) is 8.78. The van der Waals surface area contributed by atoms with Crippen LogP contribution in [0.2, 0.25) is 5.02 Å². The zero-order chi connectivity index (χ0) is 28.8. The average Bonchev–Trinajstić information content (AvgIpc) is 3.44. The van der Waals surface area contributed by atoms with Crippen LogP contribution >= 0.6 is 11.6 Å². The highest BCUT2D eigenvalue weighted by Crippen LogP contribution is 2.33. The summed E-state index contributed by atoms with van der Waals surface area (Å²) in [5.74, 6) is 1.75. The number of aromatic nitrogens is 2. The Morgan fingerprint density at radius 2 is 1.90 bits per heavy atom. The van der Waals surface area contributed by atoms with Gasteiger partial charge in [-0.25, -0.2) is 22.8 Å². The molecule has 0 bridgehead atoms. The third-order valence-electron chi connectivity index (χ3n) is 6.07. The van der Waals surface area contributed by atoms with E-state index >= 15 is 0 Å². The Morgan fingerprint density at radius 3 is 2.71 bits per heavy atom. The molecule has 0 aliphatic carbocycles. The van der Waals surface area contributed by atoms with E-state index in [1.54, 1.807) is 30.3 Å². The van der Waals surface area contributed by atoms with Gasteiger partial charge in [0.2, 0.25) is 0 Å². The lowest BCUT2D eigenvalue weighted by Crippen LogP contribution is -2.08. The molecule has 3 aromatic carbocycles. The van der Waals surface area contributed by atoms with Crippen LogP contribution in [-0.2, 0) is 27.8 Å². The molecule has 5 rings (SSSR count). The Kier molecular flexibility index (Phi) is 8.63. The molecule has 0 amide bonds. The summed E-state index contributed by atoms with van der Waals surface area (Å²) in [7, 11) is -3.31. The molecule has 0 fully saturated rings. The molecule has 2 aromatic heterocycles. The van der Waals surface area contributed by atoms with Crippen LogP contribution in [0.4, 0.5) is 15.9 Å². The van der Waals surface area contributed by atoms with E-state index in [9.17, 15) is 12.8 Å². The first-order valence-electron chi connectivity index (χ1n) is 12.5. The van der Waals surface area contributed by atoms with Gasteiger partial charge in [-0.1, -0.05) is 30.3 Å². The van der Waals surface area contributed by atoms with Gasteiger partial charge in [0.1, 0.15) is 48.4 Å². The lowest BCUT2D eigenvalue weighted by molar-refractivity contribution is 0.120. The Labute approximate surface area is 241 Å². The van der Waals surface area contributed by atoms with Gasteiger partial charge in [-0.2, -0.15) is 0 Å². The maximum Gasteiger partial charge on any atom is 0.173 e. The van der Waals surface area contributed by atoms with Gasteiger partial charge in [0, 0.05) is 22.0 Å². The second-order valence-corrected chi connectivity index (χ2v) is 11.5. The molecule has 11 heteroatoms. The SMILES string of the molecule is C=CS(=O)(=O)CCOCc1ccc(-c2ccc3ncnc(Nc4ccc(OCc5cccc(F)c5)c(Cl)c4)c3c2)o1. The number of benzene rings is 3. The van der Waals surface area contributed by atoms with E-state index in [-0.39, 0.29) is 31.4 Å². The monoisotopic (exact) mass is 593 g/mol. The van der Waals surface area contributed by atoms with Crippen molar-refractivity contribution in [2.75, 3.05) is 17.7 Å². The highest BCUT2D eigenvalue weighted by Gasteiger charge is 2.12. The summed E-state index contributed by atoms with van der Waals surface area (Å²) in [6.07, 6.45) is 1.47. The number of nitrogens with one attached hydrogen (secondary N) is 1. The first-order chi connectivity index (χ1) is 19.8. The highest BCUT2D eigenvalue weighted by molar-refractivity contribution is 7.94. The van der Waals surface area contributed by atoms with Gasteiger partial charge in [0.05, 0.1) is 22.9 Å². The van der Waals surface area contributed by atoms with E-state index < -0.39 is 9.84 Å². The van der Waals surface area contributed by atoms with Gasteiger partial charge in [0.15, 0.2) is 9.84 Å². The standard InChI is InChI=1S/C30H25ClFN3O5S/c1-2-41(36,37)13-12-38-18-24-8-11-28(40-24)21-6-9-27-25(15-21)30(34-19-33-27)35-23-7-10-29(26(31)16-23)39-17-20-4-3-5-22(32)14-20/h2-11,14-16,19H,1,12-13,17-18H2,(H,33,34,35). The Bertz CT molecular complexity index is 1810. The number of anilines is 2. The number of hydrogen-bond donors (Lipinski definition) is 1. The van der Waals surface area contributed by atoms with Crippen molar-refractivity contribution in [1.29, 1.82) is 0 Å². The zero-order valence-corrected chi connectivity index (χ0v) is 23.3. The summed E-state index contributed by atoms with van der Waals surface area (Å²) in [6.45, 7) is 3.65. The molecule has 1 N–H and O–H groups in total. The van der Waals surface area contributed by atoms with E-state index in [2.05, 4.69) is 21.9 Å². The molecule has 0 unspecified atom stereocenters. The summed E-state index contributed by atoms with van der Waals surface area (Å²) in [5.41, 5.74) is 2.91. The van der Waals surface area contributed by atoms with Crippen molar-refractivity contribution >= 4 is 43.8 Å². The van der Waals surface area contributed by atoms with Crippen LogP contribution in [0.25, 0.3) is 22.2 Å². The number of furan rings is 1. The Balaban J connectivity index is 1.28. The largest absolute Gasteiger partial charge is 0.487 e. The van der Waals surface area contributed by atoms with Crippen LogP contribution in [0, 0.1) is 5.82 Å². The molecule has 0 aliphatic heterocycles. The van der Waals surface area contributed by atoms with Crippen LogP contribution in [0.1, 0.15) is 11.3 Å². The fourth-order valence-electron chi connectivity index (χ4n) is 3.97. The molecular formula is C30H25ClFN3O5S. The Morgan fingerprint density at radius 1 is 1.02 bits per heavy atom. The third kappa shape index (κ3) is 7.29. The van der Waals surface area contributed by atoms with Gasteiger partial charge in [-0.05, 0) is 66.2 Å². The number of sulfone groups is 1. The minimum atomic E-state index is -3.31. The molecule has 2 heterocycles. The van der Waals surface area contributed by atoms with E-state index in [1.165, 1.54) is 18.5 Å². The Hall–Kier alpha value is -4.25. The van der Waals surface area contributed by atoms with Crippen molar-refractivity contribution in [3.63, 3.8) is 0 Å². The predicted octanol–water partition coefficient (Wildman–Crippen LogP) is 7.08. The fourth-order valence-corrected chi connectivity index (χ4v) is 4.72. The van der Waals surface area contributed by atoms with Gasteiger partial charge in [-0.15, -0.1) is 0 Å². The molecular weight excluding hydrogens is 569 g/mol. The van der Waals surface area contributed by atoms with E-state index in [0.717, 1.165) is 21.9 Å². The van der Waals surface area contributed by atoms with Crippen molar-refractivity contribution in [2.45, 2.75) is 13.2 Å². The average molecular weight is 594 g/mol. The second kappa shape index (κ2) is 12.5. The van der Waals surface area contributed by atoms with Crippen molar-refractivity contribution in [3.05, 3.63) is 113 Å². The second-order valence-electron chi connectivity index (χ2n) is 9.00. The number of halogens is 2. The quantitative estimate of drug-likeness (QED) is 0.153. The molecule has 0 saturated heterocycles. The minimum Gasteiger partial charge on any atom is -0.487 e. The third-order valence-corrected chi connectivity index (χ3v) is 7.61. The number of nitrogens with zero attached hydrogens (tertiary/aromatic N) is 2. The number of rotatable bonds is 12. The maximum absolute atomic E-state index is 13.4. The number of fused-ring (bicyclic) bond motifs is 1. The van der Waals surface area contributed by atoms with Crippen molar-refractivity contribution in [3.8, 4) is 17.1 Å². The molecule has 41 heavy (non-hydrogen) atoms. The molecule has 210 valence electrons. The highest BCUT2D eigenvalue weighted by atomic mass is 35.5. The summed E-state index contributed by atoms with van der Waals surface area (Å²) >= 11 is 6.47. The molecule has 0 spiro atoms. The molecule has 8 nitrogen and oxygen atoms in total. The maximum atomic E-state index is 13.4. The summed E-state index contributed by atoms with van der Waals surface area (Å²) in [5, 5.41) is 5.35. The van der Waals surface area contributed by atoms with Crippen LogP contribution in [0.5, 0.6) is 5.75 Å². The van der Waals surface area contributed by atoms with Gasteiger partial charge in [-0.3, -0.25) is 0 Å². The van der Waals surface area contributed by atoms with Crippen molar-refractivity contribution < 1.29 is 26.7 Å². The summed E-state index contributed by atoms with van der Waals surface area (Å²) < 4.78 is 53.6. The van der Waals surface area contributed by atoms with Gasteiger partial charge >= 0.3 is 0 Å². The van der Waals surface area contributed by atoms with E-state index in [4.69, 9.17) is 25.5 Å². The van der Waals surface area contributed by atoms with Gasteiger partial charge in [0.25, 0.3) is 0 Å². The van der Waals surface area contributed by atoms with Crippen LogP contribution in [0.15, 0.2) is 95.5 Å². The first-order valence-corrected chi connectivity index (χ1v) is 14.6. The molecule has 0 saturated carbocycles. The minimum absolute atomic E-state index is 0.0386. The molecule has 0 aliphatic rings. The zero-order valence-electron chi connectivity index (χ0n) is 21.7. The van der Waals surface area contributed by atoms with Crippen LogP contribution in [-0.4, -0.2) is 30.7 Å².